The molecule has 0 N–H and O–H groups in total. The predicted molar refractivity (Wildman–Crippen MR) is 43.2 cm³/mol. The molecule has 0 amide bonds. The van der Waals surface area contributed by atoms with Crippen LogP contribution in [0.3, 0.4) is 0 Å². The second kappa shape index (κ2) is 4.36. The molecule has 76 valence electrons. The Kier molecular flexibility index (Phi) is 4.20. The molecule has 0 radical (unpaired) electrons. The zero-order valence-corrected chi connectivity index (χ0v) is 11.4. The first-order valence-corrected chi connectivity index (χ1v) is 4.74. The molecular formula is C8H12BF4K. The Hall–Kier alpha value is 1.42. The molecule has 0 aromatic carbocycles. The molecule has 0 atom stereocenters. The second-order valence-electron chi connectivity index (χ2n) is 4.73. The van der Waals surface area contributed by atoms with Gasteiger partial charge >= 0.3 is 58.4 Å². The maximum absolute atomic E-state index is 12.5. The van der Waals surface area contributed by atoms with Gasteiger partial charge in [0.15, 0.2) is 0 Å². The van der Waals surface area contributed by atoms with E-state index in [1.54, 1.807) is 0 Å². The van der Waals surface area contributed by atoms with Gasteiger partial charge in [0.2, 0.25) is 0 Å². The summed E-state index contributed by atoms with van der Waals surface area (Å²) in [6.07, 6.45) is 0.877. The van der Waals surface area contributed by atoms with Crippen molar-refractivity contribution in [1.82, 2.24) is 0 Å². The molecule has 0 saturated heterocycles. The summed E-state index contributed by atoms with van der Waals surface area (Å²) >= 11 is 0. The Labute approximate surface area is 124 Å². The van der Waals surface area contributed by atoms with Crippen molar-refractivity contribution in [1.29, 1.82) is 0 Å². The fourth-order valence-corrected chi connectivity index (χ4v) is 2.92. The van der Waals surface area contributed by atoms with Crippen molar-refractivity contribution in [2.24, 2.45) is 11.3 Å². The van der Waals surface area contributed by atoms with Crippen molar-refractivity contribution < 1.29 is 68.7 Å². The molecule has 2 aliphatic carbocycles. The molecule has 2 rings (SSSR count). The van der Waals surface area contributed by atoms with Gasteiger partial charge in [0.25, 0.3) is 0 Å². The molecule has 2 saturated carbocycles. The van der Waals surface area contributed by atoms with Gasteiger partial charge in [-0.2, -0.15) is 0 Å². The minimum absolute atomic E-state index is 0. The van der Waals surface area contributed by atoms with Crippen molar-refractivity contribution in [3.63, 3.8) is 0 Å². The first kappa shape index (κ1) is 13.5. The van der Waals surface area contributed by atoms with Crippen LogP contribution in [-0.2, 0) is 0 Å². The Balaban J connectivity index is 0.000000980. The summed E-state index contributed by atoms with van der Waals surface area (Å²) in [5.41, 5.74) is -0.00852. The van der Waals surface area contributed by atoms with Gasteiger partial charge in [0.1, 0.15) is 6.17 Å². The van der Waals surface area contributed by atoms with E-state index in [1.165, 1.54) is 0 Å². The summed E-state index contributed by atoms with van der Waals surface area (Å²) in [4.78, 5) is 0. The van der Waals surface area contributed by atoms with Crippen LogP contribution < -0.4 is 51.4 Å². The van der Waals surface area contributed by atoms with Crippen LogP contribution in [0.15, 0.2) is 0 Å². The van der Waals surface area contributed by atoms with Crippen molar-refractivity contribution >= 4 is 6.98 Å². The maximum Gasteiger partial charge on any atom is 1.00 e. The minimum Gasteiger partial charge on any atom is -0.449 e. The molecule has 0 heterocycles. The summed E-state index contributed by atoms with van der Waals surface area (Å²) in [6.45, 7) is -4.63. The van der Waals surface area contributed by atoms with Crippen LogP contribution in [0.2, 0.25) is 6.32 Å². The minimum atomic E-state index is -4.63. The number of rotatable bonds is 2. The third kappa shape index (κ3) is 2.97. The van der Waals surface area contributed by atoms with Crippen LogP contribution in [0.1, 0.15) is 25.7 Å². The van der Waals surface area contributed by atoms with Gasteiger partial charge in [-0.1, -0.05) is 12.2 Å². The van der Waals surface area contributed by atoms with E-state index < -0.39 is 19.5 Å². The number of alkyl halides is 1. The van der Waals surface area contributed by atoms with Gasteiger partial charge in [0, 0.05) is 0 Å². The van der Waals surface area contributed by atoms with Crippen LogP contribution in [-0.4, -0.2) is 13.1 Å². The van der Waals surface area contributed by atoms with Crippen LogP contribution >= 0.6 is 0 Å². The molecular weight excluding hydrogens is 222 g/mol. The van der Waals surface area contributed by atoms with Crippen LogP contribution in [0.5, 0.6) is 0 Å². The van der Waals surface area contributed by atoms with E-state index in [1.807, 2.05) is 0 Å². The largest absolute Gasteiger partial charge is 1.00 e. The number of halogens is 4. The topological polar surface area (TPSA) is 0 Å². The summed E-state index contributed by atoms with van der Waals surface area (Å²) < 4.78 is 48.4. The fourth-order valence-electron chi connectivity index (χ4n) is 2.92. The molecule has 0 unspecified atom stereocenters. The van der Waals surface area contributed by atoms with Crippen LogP contribution in [0, 0.1) is 11.3 Å². The molecule has 6 heteroatoms. The molecule has 14 heavy (non-hydrogen) atoms. The van der Waals surface area contributed by atoms with Crippen molar-refractivity contribution in [3.8, 4) is 0 Å². The van der Waals surface area contributed by atoms with Gasteiger partial charge in [-0.05, 0) is 31.1 Å². The van der Waals surface area contributed by atoms with Gasteiger partial charge in [0.05, 0.1) is 0 Å². The summed E-state index contributed by atoms with van der Waals surface area (Å²) in [6, 6.07) is 0. The Morgan fingerprint density at radius 3 is 1.93 bits per heavy atom. The molecule has 0 aliphatic heterocycles. The van der Waals surface area contributed by atoms with Gasteiger partial charge in [-0.25, -0.2) is 4.39 Å². The van der Waals surface area contributed by atoms with Crippen LogP contribution in [0.25, 0.3) is 0 Å². The van der Waals surface area contributed by atoms with E-state index in [4.69, 9.17) is 0 Å². The fraction of sp³-hybridized carbons (Fsp3) is 1.00. The quantitative estimate of drug-likeness (QED) is 0.478. The average molecular weight is 234 g/mol. The standard InChI is InChI=1S/C8H12BF4.K/c10-7-3-8(4-7)1-6(2-8)5-9(11,12)13;/h6-7H,1-5H2;/q-1;+1. The molecule has 1 spiro atoms. The first-order valence-electron chi connectivity index (χ1n) is 4.74. The first-order chi connectivity index (χ1) is 5.89. The maximum atomic E-state index is 12.5. The SMILES string of the molecule is FC1CC2(C1)CC(C[B-](F)(F)F)C2.[K+]. The summed E-state index contributed by atoms with van der Waals surface area (Å²) in [5, 5.41) is 0. The van der Waals surface area contributed by atoms with Crippen molar-refractivity contribution in [3.05, 3.63) is 0 Å². The van der Waals surface area contributed by atoms with E-state index in [-0.39, 0.29) is 62.7 Å². The Morgan fingerprint density at radius 1 is 1.07 bits per heavy atom. The van der Waals surface area contributed by atoms with E-state index >= 15 is 0 Å². The third-order valence-corrected chi connectivity index (χ3v) is 3.35. The van der Waals surface area contributed by atoms with Crippen LogP contribution in [0.4, 0.5) is 17.3 Å². The molecule has 0 bridgehead atoms. The molecule has 2 aliphatic rings. The Morgan fingerprint density at radius 2 is 1.57 bits per heavy atom. The normalized spacial score (nSPS) is 41.1. The van der Waals surface area contributed by atoms with E-state index in [0.29, 0.717) is 25.7 Å². The zero-order valence-electron chi connectivity index (χ0n) is 8.28. The molecule has 0 aromatic rings. The average Bonchev–Trinajstić information content (AvgIpc) is 1.76. The monoisotopic (exact) mass is 234 g/mol. The van der Waals surface area contributed by atoms with Crippen molar-refractivity contribution in [2.75, 3.05) is 0 Å². The molecule has 2 fully saturated rings. The van der Waals surface area contributed by atoms with Gasteiger partial charge < -0.3 is 12.9 Å². The van der Waals surface area contributed by atoms with E-state index in [2.05, 4.69) is 0 Å². The number of hydrogen-bond acceptors (Lipinski definition) is 0. The van der Waals surface area contributed by atoms with Gasteiger partial charge in [-0.15, -0.1) is 0 Å². The second-order valence-corrected chi connectivity index (χ2v) is 4.73. The Bertz CT molecular complexity index is 204. The predicted octanol–water partition coefficient (Wildman–Crippen LogP) is 0.366. The van der Waals surface area contributed by atoms with Gasteiger partial charge in [-0.3, -0.25) is 0 Å². The smallest absolute Gasteiger partial charge is 0.449 e. The third-order valence-electron chi connectivity index (χ3n) is 3.35. The summed E-state index contributed by atoms with van der Waals surface area (Å²) in [5.74, 6) is -0.201. The van der Waals surface area contributed by atoms with E-state index in [0.717, 1.165) is 0 Å². The zero-order chi connectivity index (χ0) is 9.69. The summed E-state index contributed by atoms with van der Waals surface area (Å²) in [7, 11) is 0. The molecule has 0 nitrogen and oxygen atoms in total. The number of hydrogen-bond donors (Lipinski definition) is 0. The van der Waals surface area contributed by atoms with E-state index in [9.17, 15) is 17.3 Å². The van der Waals surface area contributed by atoms with Crippen molar-refractivity contribution in [2.45, 2.75) is 38.2 Å². The molecule has 0 aromatic heterocycles.